The molecule has 2 aromatic heterocycles. The Morgan fingerprint density at radius 3 is 3.13 bits per heavy atom. The highest BCUT2D eigenvalue weighted by Crippen LogP contribution is 2.05. The van der Waals surface area contributed by atoms with E-state index in [1.165, 1.54) is 6.26 Å². The van der Waals surface area contributed by atoms with E-state index >= 15 is 0 Å². The van der Waals surface area contributed by atoms with Crippen LogP contribution in [0.1, 0.15) is 23.3 Å². The highest BCUT2D eigenvalue weighted by Gasteiger charge is 2.10. The molecule has 0 saturated heterocycles. The van der Waals surface area contributed by atoms with E-state index in [1.807, 2.05) is 11.5 Å². The van der Waals surface area contributed by atoms with Gasteiger partial charge < -0.3 is 8.98 Å². The molecule has 2 rings (SSSR count). The fourth-order valence-corrected chi connectivity index (χ4v) is 1.47. The standard InChI is InChI=1S/C11H12N2O2/c1-2-11-12-5-6-13(11)8-9(14)10-4-3-7-15-10/h3-7H,2,8H2,1H3. The van der Waals surface area contributed by atoms with Crippen molar-refractivity contribution in [2.75, 3.05) is 0 Å². The Kier molecular flexibility index (Phi) is 2.67. The highest BCUT2D eigenvalue weighted by atomic mass is 16.3. The third-order valence-electron chi connectivity index (χ3n) is 2.23. The van der Waals surface area contributed by atoms with Gasteiger partial charge in [0.05, 0.1) is 12.8 Å². The van der Waals surface area contributed by atoms with Crippen molar-refractivity contribution in [1.82, 2.24) is 9.55 Å². The number of rotatable bonds is 4. The van der Waals surface area contributed by atoms with Gasteiger partial charge in [0.15, 0.2) is 5.76 Å². The van der Waals surface area contributed by atoms with Crippen molar-refractivity contribution in [3.63, 3.8) is 0 Å². The van der Waals surface area contributed by atoms with Crippen LogP contribution in [-0.4, -0.2) is 15.3 Å². The predicted octanol–water partition coefficient (Wildman–Crippen LogP) is 1.92. The van der Waals surface area contributed by atoms with Gasteiger partial charge in [-0.25, -0.2) is 4.98 Å². The molecule has 0 aromatic carbocycles. The molecule has 0 amide bonds. The van der Waals surface area contributed by atoms with Gasteiger partial charge in [0.25, 0.3) is 0 Å². The first kappa shape index (κ1) is 9.71. The Bertz CT molecular complexity index is 443. The van der Waals surface area contributed by atoms with Crippen LogP contribution < -0.4 is 0 Å². The summed E-state index contributed by atoms with van der Waals surface area (Å²) in [5.74, 6) is 1.27. The third kappa shape index (κ3) is 1.98. The molecular formula is C11H12N2O2. The van der Waals surface area contributed by atoms with Crippen molar-refractivity contribution >= 4 is 5.78 Å². The summed E-state index contributed by atoms with van der Waals surface area (Å²) in [5, 5.41) is 0. The van der Waals surface area contributed by atoms with Gasteiger partial charge in [-0.05, 0) is 12.1 Å². The maximum absolute atomic E-state index is 11.7. The van der Waals surface area contributed by atoms with E-state index in [-0.39, 0.29) is 12.3 Å². The van der Waals surface area contributed by atoms with E-state index in [1.54, 1.807) is 24.5 Å². The van der Waals surface area contributed by atoms with Gasteiger partial charge in [-0.2, -0.15) is 0 Å². The largest absolute Gasteiger partial charge is 0.461 e. The summed E-state index contributed by atoms with van der Waals surface area (Å²) in [7, 11) is 0. The van der Waals surface area contributed by atoms with Crippen LogP contribution in [0.4, 0.5) is 0 Å². The maximum Gasteiger partial charge on any atom is 0.217 e. The molecule has 4 heteroatoms. The van der Waals surface area contributed by atoms with Crippen LogP contribution >= 0.6 is 0 Å². The van der Waals surface area contributed by atoms with E-state index in [2.05, 4.69) is 4.98 Å². The van der Waals surface area contributed by atoms with Crippen molar-refractivity contribution in [3.8, 4) is 0 Å². The van der Waals surface area contributed by atoms with Gasteiger partial charge in [0, 0.05) is 18.8 Å². The van der Waals surface area contributed by atoms with Crippen LogP contribution in [0.2, 0.25) is 0 Å². The van der Waals surface area contributed by atoms with E-state index in [0.29, 0.717) is 5.76 Å². The number of hydrogen-bond donors (Lipinski definition) is 0. The molecule has 0 aliphatic carbocycles. The Morgan fingerprint density at radius 2 is 2.47 bits per heavy atom. The first-order valence-electron chi connectivity index (χ1n) is 4.88. The van der Waals surface area contributed by atoms with Gasteiger partial charge in [-0.1, -0.05) is 6.92 Å². The van der Waals surface area contributed by atoms with E-state index in [4.69, 9.17) is 4.42 Å². The van der Waals surface area contributed by atoms with Gasteiger partial charge in [-0.15, -0.1) is 0 Å². The molecule has 78 valence electrons. The minimum atomic E-state index is -0.0345. The van der Waals surface area contributed by atoms with Crippen LogP contribution in [0.5, 0.6) is 0 Å². The van der Waals surface area contributed by atoms with Crippen molar-refractivity contribution in [2.45, 2.75) is 19.9 Å². The number of aromatic nitrogens is 2. The van der Waals surface area contributed by atoms with E-state index in [0.717, 1.165) is 12.2 Å². The molecule has 0 spiro atoms. The fourth-order valence-electron chi connectivity index (χ4n) is 1.47. The summed E-state index contributed by atoms with van der Waals surface area (Å²) in [5.41, 5.74) is 0. The first-order chi connectivity index (χ1) is 7.31. The Labute approximate surface area is 87.5 Å². The molecule has 15 heavy (non-hydrogen) atoms. The number of ketones is 1. The van der Waals surface area contributed by atoms with E-state index in [9.17, 15) is 4.79 Å². The van der Waals surface area contributed by atoms with Crippen LogP contribution in [-0.2, 0) is 13.0 Å². The molecule has 0 bridgehead atoms. The molecule has 0 saturated carbocycles. The number of carbonyl (C=O) groups excluding carboxylic acids is 1. The number of carbonyl (C=O) groups is 1. The van der Waals surface area contributed by atoms with Crippen molar-refractivity contribution < 1.29 is 9.21 Å². The quantitative estimate of drug-likeness (QED) is 0.715. The number of imidazole rings is 1. The normalized spacial score (nSPS) is 10.5. The average molecular weight is 204 g/mol. The summed E-state index contributed by atoms with van der Waals surface area (Å²) in [6.45, 7) is 2.30. The van der Waals surface area contributed by atoms with Crippen molar-refractivity contribution in [1.29, 1.82) is 0 Å². The SMILES string of the molecule is CCc1nccn1CC(=O)c1ccco1. The molecule has 0 radical (unpaired) electrons. The summed E-state index contributed by atoms with van der Waals surface area (Å²) in [4.78, 5) is 15.8. The third-order valence-corrected chi connectivity index (χ3v) is 2.23. The number of aryl methyl sites for hydroxylation is 1. The van der Waals surface area contributed by atoms with Crippen LogP contribution in [0, 0.1) is 0 Å². The lowest BCUT2D eigenvalue weighted by Gasteiger charge is -2.03. The molecule has 2 heterocycles. The predicted molar refractivity (Wildman–Crippen MR) is 54.6 cm³/mol. The lowest BCUT2D eigenvalue weighted by atomic mass is 10.3. The summed E-state index contributed by atoms with van der Waals surface area (Å²) < 4.78 is 6.87. The summed E-state index contributed by atoms with van der Waals surface area (Å²) in [6, 6.07) is 3.38. The first-order valence-corrected chi connectivity index (χ1v) is 4.88. The molecule has 0 unspecified atom stereocenters. The average Bonchev–Trinajstić information content (AvgIpc) is 2.87. The number of hydrogen-bond acceptors (Lipinski definition) is 3. The minimum Gasteiger partial charge on any atom is -0.461 e. The van der Waals surface area contributed by atoms with Crippen LogP contribution in [0.15, 0.2) is 35.2 Å². The van der Waals surface area contributed by atoms with Crippen LogP contribution in [0.3, 0.4) is 0 Å². The van der Waals surface area contributed by atoms with Gasteiger partial charge in [0.1, 0.15) is 5.82 Å². The molecule has 0 aliphatic heterocycles. The summed E-state index contributed by atoms with van der Waals surface area (Å²) >= 11 is 0. The van der Waals surface area contributed by atoms with Crippen molar-refractivity contribution in [3.05, 3.63) is 42.4 Å². The van der Waals surface area contributed by atoms with Crippen molar-refractivity contribution in [2.24, 2.45) is 0 Å². The monoisotopic (exact) mass is 204 g/mol. The molecule has 2 aromatic rings. The molecule has 0 N–H and O–H groups in total. The Balaban J connectivity index is 2.13. The second kappa shape index (κ2) is 4.13. The molecular weight excluding hydrogens is 192 g/mol. The summed E-state index contributed by atoms with van der Waals surface area (Å²) in [6.07, 6.45) is 5.83. The number of Topliss-reactive ketones (excluding diaryl/α,β-unsaturated/α-hetero) is 1. The second-order valence-corrected chi connectivity index (χ2v) is 3.23. The van der Waals surface area contributed by atoms with E-state index < -0.39 is 0 Å². The Hall–Kier alpha value is -1.84. The molecule has 0 aliphatic rings. The number of furan rings is 1. The minimum absolute atomic E-state index is 0.0345. The zero-order chi connectivity index (χ0) is 10.7. The highest BCUT2D eigenvalue weighted by molar-refractivity contribution is 5.93. The lowest BCUT2D eigenvalue weighted by Crippen LogP contribution is -2.11. The zero-order valence-corrected chi connectivity index (χ0v) is 8.51. The topological polar surface area (TPSA) is 48.0 Å². The molecule has 0 atom stereocenters. The Morgan fingerprint density at radius 1 is 1.60 bits per heavy atom. The lowest BCUT2D eigenvalue weighted by molar-refractivity contribution is 0.0944. The molecule has 4 nitrogen and oxygen atoms in total. The van der Waals surface area contributed by atoms with Gasteiger partial charge in [-0.3, -0.25) is 4.79 Å². The molecule has 0 fully saturated rings. The zero-order valence-electron chi connectivity index (χ0n) is 8.51. The van der Waals surface area contributed by atoms with Gasteiger partial charge in [0.2, 0.25) is 5.78 Å². The number of nitrogens with zero attached hydrogens (tertiary/aromatic N) is 2. The van der Waals surface area contributed by atoms with Crippen LogP contribution in [0.25, 0.3) is 0 Å². The van der Waals surface area contributed by atoms with Gasteiger partial charge >= 0.3 is 0 Å². The smallest absolute Gasteiger partial charge is 0.217 e. The maximum atomic E-state index is 11.7. The second-order valence-electron chi connectivity index (χ2n) is 3.23. The fraction of sp³-hybridized carbons (Fsp3) is 0.273.